The van der Waals surface area contributed by atoms with Crippen molar-refractivity contribution in [1.82, 2.24) is 4.98 Å². The quantitative estimate of drug-likeness (QED) is 0.662. The lowest BCUT2D eigenvalue weighted by Gasteiger charge is -2.07. The Balaban J connectivity index is 3.38. The summed E-state index contributed by atoms with van der Waals surface area (Å²) in [5.41, 5.74) is 0.930. The molecular formula is C9H11NO3. The second-order valence-corrected chi connectivity index (χ2v) is 2.80. The number of aromatic nitrogens is 1. The number of aliphatic hydroxyl groups is 1. The van der Waals surface area contributed by atoms with Gasteiger partial charge in [0.05, 0.1) is 12.3 Å². The van der Waals surface area contributed by atoms with Gasteiger partial charge in [-0.3, -0.25) is 9.78 Å². The van der Waals surface area contributed by atoms with E-state index in [0.717, 1.165) is 0 Å². The van der Waals surface area contributed by atoms with Crippen LogP contribution in [-0.4, -0.2) is 21.0 Å². The molecule has 0 aliphatic heterocycles. The summed E-state index contributed by atoms with van der Waals surface area (Å²) >= 11 is 0. The monoisotopic (exact) mass is 181 g/mol. The Bertz CT molecular complexity index is 347. The molecule has 0 saturated heterocycles. The van der Waals surface area contributed by atoms with Gasteiger partial charge in [-0.2, -0.15) is 0 Å². The highest BCUT2D eigenvalue weighted by molar-refractivity contribution is 5.95. The number of hydrogen-bond donors (Lipinski definition) is 2. The highest BCUT2D eigenvalue weighted by Crippen LogP contribution is 2.23. The summed E-state index contributed by atoms with van der Waals surface area (Å²) in [5, 5.41) is 18.4. The van der Waals surface area contributed by atoms with E-state index < -0.39 is 0 Å². The van der Waals surface area contributed by atoms with Gasteiger partial charge in [-0.1, -0.05) is 0 Å². The van der Waals surface area contributed by atoms with Crippen LogP contribution in [0.2, 0.25) is 0 Å². The van der Waals surface area contributed by atoms with Crippen LogP contribution in [0.15, 0.2) is 6.20 Å². The number of hydrogen-bond acceptors (Lipinski definition) is 4. The standard InChI is InChI=1S/C9H11NO3/c1-5-9(13)8(4-11)7(3-10-5)6(2)12/h3,11,13H,4H2,1-2H3. The maximum atomic E-state index is 11.0. The number of carbonyl (C=O) groups is 1. The Morgan fingerprint density at radius 1 is 1.62 bits per heavy atom. The van der Waals surface area contributed by atoms with Crippen LogP contribution in [0.5, 0.6) is 5.75 Å². The molecule has 0 bridgehead atoms. The van der Waals surface area contributed by atoms with Crippen LogP contribution in [-0.2, 0) is 6.61 Å². The van der Waals surface area contributed by atoms with Gasteiger partial charge in [0.2, 0.25) is 0 Å². The molecule has 0 spiro atoms. The first kappa shape index (κ1) is 9.67. The molecule has 1 aromatic heterocycles. The predicted octanol–water partition coefficient (Wildman–Crippen LogP) is 0.791. The van der Waals surface area contributed by atoms with E-state index in [1.54, 1.807) is 6.92 Å². The molecule has 0 aliphatic carbocycles. The van der Waals surface area contributed by atoms with Crippen molar-refractivity contribution >= 4 is 5.78 Å². The first-order chi connectivity index (χ1) is 6.07. The summed E-state index contributed by atoms with van der Waals surface area (Å²) in [6.45, 7) is 2.62. The van der Waals surface area contributed by atoms with Crippen molar-refractivity contribution in [2.75, 3.05) is 0 Å². The average Bonchev–Trinajstić information content (AvgIpc) is 2.09. The number of aliphatic hydroxyl groups excluding tert-OH is 1. The van der Waals surface area contributed by atoms with Gasteiger partial charge >= 0.3 is 0 Å². The molecule has 13 heavy (non-hydrogen) atoms. The number of Topliss-reactive ketones (excluding diaryl/α,β-unsaturated/α-hetero) is 1. The molecule has 4 nitrogen and oxygen atoms in total. The van der Waals surface area contributed by atoms with E-state index >= 15 is 0 Å². The Morgan fingerprint density at radius 3 is 2.69 bits per heavy atom. The number of aromatic hydroxyl groups is 1. The topological polar surface area (TPSA) is 70.4 Å². The van der Waals surface area contributed by atoms with Gasteiger partial charge in [0.25, 0.3) is 0 Å². The van der Waals surface area contributed by atoms with Gasteiger partial charge in [-0.25, -0.2) is 0 Å². The fraction of sp³-hybridized carbons (Fsp3) is 0.333. The van der Waals surface area contributed by atoms with E-state index in [9.17, 15) is 9.90 Å². The van der Waals surface area contributed by atoms with E-state index in [-0.39, 0.29) is 29.3 Å². The third-order valence-electron chi connectivity index (χ3n) is 1.88. The highest BCUT2D eigenvalue weighted by Gasteiger charge is 2.13. The zero-order chi connectivity index (χ0) is 10.0. The van der Waals surface area contributed by atoms with Crippen LogP contribution in [0.1, 0.15) is 28.5 Å². The summed E-state index contributed by atoms with van der Waals surface area (Å²) in [5.74, 6) is -0.318. The molecule has 0 unspecified atom stereocenters. The molecule has 1 aromatic rings. The van der Waals surface area contributed by atoms with E-state index in [2.05, 4.69) is 4.98 Å². The van der Waals surface area contributed by atoms with Crippen molar-refractivity contribution in [2.24, 2.45) is 0 Å². The average molecular weight is 181 g/mol. The SMILES string of the molecule is CC(=O)c1cnc(C)c(O)c1CO. The smallest absolute Gasteiger partial charge is 0.161 e. The fourth-order valence-corrected chi connectivity index (χ4v) is 1.11. The predicted molar refractivity (Wildman–Crippen MR) is 46.6 cm³/mol. The maximum Gasteiger partial charge on any atom is 0.161 e. The van der Waals surface area contributed by atoms with E-state index in [1.165, 1.54) is 13.1 Å². The number of pyridine rings is 1. The lowest BCUT2D eigenvalue weighted by molar-refractivity contribution is 0.101. The summed E-state index contributed by atoms with van der Waals surface area (Å²) in [6.07, 6.45) is 1.36. The molecule has 0 radical (unpaired) electrons. The van der Waals surface area contributed by atoms with Gasteiger partial charge in [0.1, 0.15) is 5.75 Å². The van der Waals surface area contributed by atoms with E-state index in [0.29, 0.717) is 5.69 Å². The van der Waals surface area contributed by atoms with Crippen LogP contribution in [0, 0.1) is 6.92 Å². The van der Waals surface area contributed by atoms with Crippen molar-refractivity contribution in [3.05, 3.63) is 23.0 Å². The van der Waals surface area contributed by atoms with Gasteiger partial charge in [0.15, 0.2) is 5.78 Å². The lowest BCUT2D eigenvalue weighted by Crippen LogP contribution is -2.02. The maximum absolute atomic E-state index is 11.0. The molecule has 70 valence electrons. The molecular weight excluding hydrogens is 170 g/mol. The highest BCUT2D eigenvalue weighted by atomic mass is 16.3. The van der Waals surface area contributed by atoms with E-state index in [4.69, 9.17) is 5.11 Å². The zero-order valence-corrected chi connectivity index (χ0v) is 7.53. The van der Waals surface area contributed by atoms with Gasteiger partial charge in [-0.15, -0.1) is 0 Å². The molecule has 0 atom stereocenters. The van der Waals surface area contributed by atoms with E-state index in [1.807, 2.05) is 0 Å². The molecule has 0 saturated carbocycles. The summed E-state index contributed by atoms with van der Waals surface area (Å²) in [7, 11) is 0. The van der Waals surface area contributed by atoms with Crippen molar-refractivity contribution in [3.63, 3.8) is 0 Å². The Hall–Kier alpha value is -1.42. The van der Waals surface area contributed by atoms with Crippen molar-refractivity contribution in [2.45, 2.75) is 20.5 Å². The van der Waals surface area contributed by atoms with Crippen LogP contribution in [0.3, 0.4) is 0 Å². The number of ketones is 1. The summed E-state index contributed by atoms with van der Waals surface area (Å²) in [6, 6.07) is 0. The van der Waals surface area contributed by atoms with Crippen molar-refractivity contribution in [3.8, 4) is 5.75 Å². The minimum Gasteiger partial charge on any atom is -0.506 e. The second-order valence-electron chi connectivity index (χ2n) is 2.80. The first-order valence-electron chi connectivity index (χ1n) is 3.87. The minimum atomic E-state index is -0.357. The summed E-state index contributed by atoms with van der Waals surface area (Å²) in [4.78, 5) is 14.9. The molecule has 0 aromatic carbocycles. The molecule has 4 heteroatoms. The van der Waals surface area contributed by atoms with Crippen LogP contribution in [0.25, 0.3) is 0 Å². The second kappa shape index (κ2) is 3.53. The number of carbonyl (C=O) groups excluding carboxylic acids is 1. The fourth-order valence-electron chi connectivity index (χ4n) is 1.11. The largest absolute Gasteiger partial charge is 0.506 e. The molecule has 1 heterocycles. The molecule has 2 N–H and O–H groups in total. The normalized spacial score (nSPS) is 10.1. The first-order valence-corrected chi connectivity index (χ1v) is 3.87. The molecule has 0 fully saturated rings. The lowest BCUT2D eigenvalue weighted by atomic mass is 10.1. The molecule has 0 aliphatic rings. The number of rotatable bonds is 2. The molecule has 0 amide bonds. The van der Waals surface area contributed by atoms with Gasteiger partial charge in [0, 0.05) is 17.3 Å². The van der Waals surface area contributed by atoms with Crippen LogP contribution in [0.4, 0.5) is 0 Å². The van der Waals surface area contributed by atoms with Gasteiger partial charge < -0.3 is 10.2 Å². The number of aryl methyl sites for hydroxylation is 1. The molecule has 1 rings (SSSR count). The van der Waals surface area contributed by atoms with Crippen LogP contribution < -0.4 is 0 Å². The van der Waals surface area contributed by atoms with Crippen molar-refractivity contribution in [1.29, 1.82) is 0 Å². The Morgan fingerprint density at radius 2 is 2.23 bits per heavy atom. The van der Waals surface area contributed by atoms with Crippen molar-refractivity contribution < 1.29 is 15.0 Å². The van der Waals surface area contributed by atoms with Crippen LogP contribution >= 0.6 is 0 Å². The third kappa shape index (κ3) is 1.67. The summed E-state index contributed by atoms with van der Waals surface area (Å²) < 4.78 is 0. The third-order valence-corrected chi connectivity index (χ3v) is 1.88. The number of nitrogens with zero attached hydrogens (tertiary/aromatic N) is 1. The zero-order valence-electron chi connectivity index (χ0n) is 7.53. The van der Waals surface area contributed by atoms with Gasteiger partial charge in [-0.05, 0) is 13.8 Å². The minimum absolute atomic E-state index is 0.102. The Kier molecular flexibility index (Phi) is 2.63. The Labute approximate surface area is 75.9 Å².